The van der Waals surface area contributed by atoms with Crippen LogP contribution in [0.5, 0.6) is 0 Å². The monoisotopic (exact) mass is 190 g/mol. The molecule has 1 heterocycles. The van der Waals surface area contributed by atoms with Crippen LogP contribution in [0.2, 0.25) is 0 Å². The van der Waals surface area contributed by atoms with Gasteiger partial charge >= 0.3 is 6.17 Å². The van der Waals surface area contributed by atoms with Gasteiger partial charge in [-0.05, 0) is 12.8 Å². The molecule has 0 radical (unpaired) electrons. The summed E-state index contributed by atoms with van der Waals surface area (Å²) in [7, 11) is 0. The molecule has 4 heteroatoms. The van der Waals surface area contributed by atoms with Crippen molar-refractivity contribution in [3.05, 3.63) is 12.4 Å². The van der Waals surface area contributed by atoms with Crippen LogP contribution < -0.4 is 0 Å². The molecule has 0 saturated carbocycles. The first-order valence-electron chi connectivity index (χ1n) is 4.72. The number of nitrogens with zero attached hydrogens (tertiary/aromatic N) is 2. The molecule has 0 saturated heterocycles. The number of halogens is 2. The summed E-state index contributed by atoms with van der Waals surface area (Å²) in [6, 6.07) is 0. The van der Waals surface area contributed by atoms with Crippen LogP contribution in [0, 0.1) is 0 Å². The summed E-state index contributed by atoms with van der Waals surface area (Å²) in [5.74, 6) is 0. The molecule has 0 spiro atoms. The molecule has 0 aromatic carbocycles. The smallest absolute Gasteiger partial charge is 0.299 e. The fourth-order valence-corrected chi connectivity index (χ4v) is 1.41. The fourth-order valence-electron chi connectivity index (χ4n) is 1.41. The second kappa shape index (κ2) is 3.94. The lowest BCUT2D eigenvalue weighted by molar-refractivity contribution is -0.201. The molecule has 0 atom stereocenters. The molecule has 1 aliphatic heterocycles. The summed E-state index contributed by atoms with van der Waals surface area (Å²) in [5, 5.41) is 0. The fraction of sp³-hybridized carbons (Fsp3) is 0.778. The third-order valence-electron chi connectivity index (χ3n) is 2.05. The summed E-state index contributed by atoms with van der Waals surface area (Å²) in [5.41, 5.74) is 0. The van der Waals surface area contributed by atoms with Crippen molar-refractivity contribution in [2.24, 2.45) is 0 Å². The average Bonchev–Trinajstić information content (AvgIpc) is 2.33. The van der Waals surface area contributed by atoms with Gasteiger partial charge in [-0.2, -0.15) is 8.78 Å². The van der Waals surface area contributed by atoms with E-state index in [-0.39, 0.29) is 0 Å². The largest absolute Gasteiger partial charge is 0.413 e. The number of alkyl halides is 2. The molecular weight excluding hydrogens is 174 g/mol. The lowest BCUT2D eigenvalue weighted by Gasteiger charge is -2.31. The maximum atomic E-state index is 13.4. The molecule has 0 fully saturated rings. The first kappa shape index (κ1) is 10.3. The van der Waals surface area contributed by atoms with Gasteiger partial charge in [-0.1, -0.05) is 13.8 Å². The molecule has 76 valence electrons. The number of rotatable bonds is 4. The van der Waals surface area contributed by atoms with Crippen LogP contribution in [0.1, 0.15) is 26.7 Å². The van der Waals surface area contributed by atoms with E-state index < -0.39 is 6.17 Å². The van der Waals surface area contributed by atoms with Gasteiger partial charge in [-0.25, -0.2) is 0 Å². The Morgan fingerprint density at radius 3 is 1.69 bits per heavy atom. The van der Waals surface area contributed by atoms with Crippen LogP contribution in [0.3, 0.4) is 0 Å². The predicted molar refractivity (Wildman–Crippen MR) is 48.1 cm³/mol. The molecule has 13 heavy (non-hydrogen) atoms. The minimum absolute atomic E-state index is 0.406. The maximum Gasteiger partial charge on any atom is 0.413 e. The topological polar surface area (TPSA) is 6.48 Å². The molecule has 1 aliphatic rings. The Bertz CT molecular complexity index is 174. The summed E-state index contributed by atoms with van der Waals surface area (Å²) < 4.78 is 26.9. The molecule has 0 aromatic heterocycles. The summed E-state index contributed by atoms with van der Waals surface area (Å²) in [6.45, 7) is 4.60. The van der Waals surface area contributed by atoms with Gasteiger partial charge in [0.15, 0.2) is 0 Å². The van der Waals surface area contributed by atoms with Crippen molar-refractivity contribution < 1.29 is 8.78 Å². The number of hydrogen-bond acceptors (Lipinski definition) is 2. The van der Waals surface area contributed by atoms with E-state index in [9.17, 15) is 8.78 Å². The Labute approximate surface area is 77.8 Å². The van der Waals surface area contributed by atoms with Crippen LogP contribution >= 0.6 is 0 Å². The molecular formula is C9H16F2N2. The van der Waals surface area contributed by atoms with Gasteiger partial charge in [0.2, 0.25) is 0 Å². The number of hydrogen-bond donors (Lipinski definition) is 0. The Kier molecular flexibility index (Phi) is 3.12. The van der Waals surface area contributed by atoms with Crippen molar-refractivity contribution in [2.45, 2.75) is 32.9 Å². The quantitative estimate of drug-likeness (QED) is 0.628. The SMILES string of the molecule is CCCN1C=CN(CCC)C1(F)F. The normalized spacial score (nSPS) is 20.0. The molecule has 1 rings (SSSR count). The molecule has 0 aromatic rings. The highest BCUT2D eigenvalue weighted by atomic mass is 19.3. The third-order valence-corrected chi connectivity index (χ3v) is 2.05. The van der Waals surface area contributed by atoms with Crippen LogP contribution in [0.15, 0.2) is 12.4 Å². The molecule has 0 amide bonds. The van der Waals surface area contributed by atoms with E-state index >= 15 is 0 Å². The van der Waals surface area contributed by atoms with Gasteiger partial charge in [0, 0.05) is 25.5 Å². The first-order chi connectivity index (χ1) is 6.12. The highest BCUT2D eigenvalue weighted by molar-refractivity contribution is 4.96. The molecule has 2 nitrogen and oxygen atoms in total. The van der Waals surface area contributed by atoms with E-state index in [1.54, 1.807) is 0 Å². The second-order valence-corrected chi connectivity index (χ2v) is 3.19. The molecule has 0 N–H and O–H groups in total. The van der Waals surface area contributed by atoms with Gasteiger partial charge < -0.3 is 0 Å². The van der Waals surface area contributed by atoms with Crippen molar-refractivity contribution >= 4 is 0 Å². The van der Waals surface area contributed by atoms with Crippen molar-refractivity contribution in [3.8, 4) is 0 Å². The van der Waals surface area contributed by atoms with Crippen LogP contribution in [-0.2, 0) is 0 Å². The maximum absolute atomic E-state index is 13.4. The van der Waals surface area contributed by atoms with E-state index in [0.29, 0.717) is 13.1 Å². The Hall–Kier alpha value is -0.800. The lowest BCUT2D eigenvalue weighted by Crippen LogP contribution is -2.46. The van der Waals surface area contributed by atoms with Gasteiger partial charge in [-0.3, -0.25) is 9.80 Å². The Balaban J connectivity index is 2.59. The van der Waals surface area contributed by atoms with E-state index in [0.717, 1.165) is 22.6 Å². The first-order valence-corrected chi connectivity index (χ1v) is 4.72. The van der Waals surface area contributed by atoms with E-state index in [1.807, 2.05) is 13.8 Å². The molecule has 0 bridgehead atoms. The summed E-state index contributed by atoms with van der Waals surface area (Å²) >= 11 is 0. The van der Waals surface area contributed by atoms with E-state index in [2.05, 4.69) is 0 Å². The van der Waals surface area contributed by atoms with Crippen molar-refractivity contribution in [2.75, 3.05) is 13.1 Å². The van der Waals surface area contributed by atoms with Crippen molar-refractivity contribution in [3.63, 3.8) is 0 Å². The summed E-state index contributed by atoms with van der Waals surface area (Å²) in [4.78, 5) is 2.17. The van der Waals surface area contributed by atoms with E-state index in [1.165, 1.54) is 12.4 Å². The van der Waals surface area contributed by atoms with Crippen LogP contribution in [-0.4, -0.2) is 29.1 Å². The predicted octanol–water partition coefficient (Wildman–Crippen LogP) is 2.45. The molecule has 0 unspecified atom stereocenters. The van der Waals surface area contributed by atoms with Gasteiger partial charge in [-0.15, -0.1) is 0 Å². The van der Waals surface area contributed by atoms with Crippen molar-refractivity contribution in [1.29, 1.82) is 0 Å². The minimum Gasteiger partial charge on any atom is -0.299 e. The Morgan fingerprint density at radius 2 is 1.38 bits per heavy atom. The van der Waals surface area contributed by atoms with Crippen LogP contribution in [0.4, 0.5) is 8.78 Å². The zero-order valence-electron chi connectivity index (χ0n) is 8.13. The Morgan fingerprint density at radius 1 is 1.00 bits per heavy atom. The van der Waals surface area contributed by atoms with Gasteiger partial charge in [0.05, 0.1) is 0 Å². The zero-order chi connectivity index (χ0) is 9.90. The average molecular weight is 190 g/mol. The minimum atomic E-state index is -2.81. The van der Waals surface area contributed by atoms with Gasteiger partial charge in [0.25, 0.3) is 0 Å². The van der Waals surface area contributed by atoms with Crippen molar-refractivity contribution in [1.82, 2.24) is 9.80 Å². The van der Waals surface area contributed by atoms with Crippen LogP contribution in [0.25, 0.3) is 0 Å². The highest BCUT2D eigenvalue weighted by Gasteiger charge is 2.43. The van der Waals surface area contributed by atoms with Gasteiger partial charge in [0.1, 0.15) is 0 Å². The lowest BCUT2D eigenvalue weighted by atomic mass is 10.4. The third kappa shape index (κ3) is 1.92. The summed E-state index contributed by atoms with van der Waals surface area (Å²) in [6.07, 6.45) is 1.60. The highest BCUT2D eigenvalue weighted by Crippen LogP contribution is 2.30. The standard InChI is InChI=1S/C9H16F2N2/c1-3-5-12-7-8-13(6-4-2)9(12,10)11/h7-8H,3-6H2,1-2H3. The van der Waals surface area contributed by atoms with E-state index in [4.69, 9.17) is 0 Å². The molecule has 0 aliphatic carbocycles. The second-order valence-electron chi connectivity index (χ2n) is 3.19. The zero-order valence-corrected chi connectivity index (χ0v) is 8.13.